The van der Waals surface area contributed by atoms with Crippen molar-refractivity contribution in [2.75, 3.05) is 13.7 Å². The average Bonchev–Trinajstić information content (AvgIpc) is 3.90. The Labute approximate surface area is 235 Å². The summed E-state index contributed by atoms with van der Waals surface area (Å²) in [6.45, 7) is 4.12. The molecule has 0 radical (unpaired) electrons. The second-order valence-corrected chi connectivity index (χ2v) is 12.7. The summed E-state index contributed by atoms with van der Waals surface area (Å²) >= 11 is 0. The maximum atomic E-state index is 13.7. The van der Waals surface area contributed by atoms with E-state index >= 15 is 0 Å². The topological polar surface area (TPSA) is 52.3 Å². The third-order valence-corrected chi connectivity index (χ3v) is 9.91. The van der Waals surface area contributed by atoms with Crippen LogP contribution in [0.3, 0.4) is 0 Å². The molecule has 40 heavy (non-hydrogen) atoms. The summed E-state index contributed by atoms with van der Waals surface area (Å²) < 4.78 is 10.5. The van der Waals surface area contributed by atoms with E-state index in [1.807, 2.05) is 12.1 Å². The third kappa shape index (κ3) is 3.98. The lowest BCUT2D eigenvalue weighted by molar-refractivity contribution is 0.0757. The number of ether oxygens (including phenoxy) is 1. The van der Waals surface area contributed by atoms with Crippen molar-refractivity contribution in [1.29, 1.82) is 0 Å². The van der Waals surface area contributed by atoms with E-state index in [1.54, 1.807) is 7.11 Å². The molecule has 4 aliphatic rings. The molecule has 8 rings (SSSR count). The summed E-state index contributed by atoms with van der Waals surface area (Å²) in [7, 11) is 3.76. The number of carbonyl (C=O) groups excluding carboxylic acids is 1. The van der Waals surface area contributed by atoms with Crippen LogP contribution in [0.1, 0.15) is 61.4 Å². The van der Waals surface area contributed by atoms with E-state index in [0.717, 1.165) is 60.3 Å². The number of fused-ring (bicyclic) bond motifs is 3. The SMILES string of the molecule is CC[C@@H]1CN(C(=O)c2cc(OC)c3c(c2)nc(-c2cc4ccc(/C=C/C5CC5)cc4n2CC2CC2)n3C)C2C[C@@H]21. The third-order valence-electron chi connectivity index (χ3n) is 9.91. The van der Waals surface area contributed by atoms with Gasteiger partial charge in [-0.2, -0.15) is 0 Å². The van der Waals surface area contributed by atoms with Crippen molar-refractivity contribution in [3.8, 4) is 17.3 Å². The molecule has 3 saturated carbocycles. The maximum absolute atomic E-state index is 13.7. The van der Waals surface area contributed by atoms with E-state index in [9.17, 15) is 4.79 Å². The first kappa shape index (κ1) is 24.3. The van der Waals surface area contributed by atoms with Crippen molar-refractivity contribution in [3.63, 3.8) is 0 Å². The minimum Gasteiger partial charge on any atom is -0.494 e. The number of benzene rings is 2. The molecule has 206 valence electrons. The highest BCUT2D eigenvalue weighted by Crippen LogP contribution is 2.50. The predicted molar refractivity (Wildman–Crippen MR) is 159 cm³/mol. The van der Waals surface area contributed by atoms with Gasteiger partial charge in [0.25, 0.3) is 5.91 Å². The first-order valence-corrected chi connectivity index (χ1v) is 15.2. The molecule has 0 bridgehead atoms. The van der Waals surface area contributed by atoms with Crippen molar-refractivity contribution >= 4 is 33.9 Å². The van der Waals surface area contributed by atoms with Crippen molar-refractivity contribution in [1.82, 2.24) is 19.0 Å². The van der Waals surface area contributed by atoms with Gasteiger partial charge in [-0.05, 0) is 85.6 Å². The average molecular weight is 535 g/mol. The number of hydrogen-bond acceptors (Lipinski definition) is 3. The Balaban J connectivity index is 1.22. The molecule has 6 heteroatoms. The van der Waals surface area contributed by atoms with Gasteiger partial charge in [-0.1, -0.05) is 37.6 Å². The van der Waals surface area contributed by atoms with E-state index in [1.165, 1.54) is 42.1 Å². The lowest BCUT2D eigenvalue weighted by atomic mass is 10.0. The van der Waals surface area contributed by atoms with Crippen LogP contribution in [0.2, 0.25) is 0 Å². The number of aryl methyl sites for hydroxylation is 1. The van der Waals surface area contributed by atoms with Gasteiger partial charge in [-0.3, -0.25) is 4.79 Å². The quantitative estimate of drug-likeness (QED) is 0.247. The Morgan fingerprint density at radius 3 is 2.70 bits per heavy atom. The molecule has 2 aromatic carbocycles. The van der Waals surface area contributed by atoms with E-state index in [-0.39, 0.29) is 5.91 Å². The molecule has 1 saturated heterocycles. The number of carbonyl (C=O) groups is 1. The Hall–Kier alpha value is -3.54. The first-order valence-electron chi connectivity index (χ1n) is 15.2. The van der Waals surface area contributed by atoms with Crippen LogP contribution < -0.4 is 4.74 Å². The van der Waals surface area contributed by atoms with Crippen LogP contribution in [-0.2, 0) is 13.6 Å². The van der Waals surface area contributed by atoms with Gasteiger partial charge < -0.3 is 18.8 Å². The molecule has 2 aromatic heterocycles. The number of methoxy groups -OCH3 is 1. The number of allylic oxidation sites excluding steroid dienone is 1. The van der Waals surface area contributed by atoms with E-state index in [2.05, 4.69) is 64.4 Å². The van der Waals surface area contributed by atoms with Gasteiger partial charge in [-0.15, -0.1) is 0 Å². The first-order chi connectivity index (χ1) is 19.5. The lowest BCUT2D eigenvalue weighted by Crippen LogP contribution is -2.32. The number of aromatic nitrogens is 3. The number of nitrogens with zero attached hydrogens (tertiary/aromatic N) is 4. The predicted octanol–water partition coefficient (Wildman–Crippen LogP) is 6.91. The summed E-state index contributed by atoms with van der Waals surface area (Å²) in [5.74, 6) is 4.56. The monoisotopic (exact) mass is 534 g/mol. The standard InChI is InChI=1S/C34H38N4O2/c1-4-23-19-38(29-17-26(23)29)34(39)25-14-27-32(31(16-25)40-3)36(2)33(35-27)30-15-24-12-11-21(8-7-20-5-6-20)13-28(24)37(30)18-22-9-10-22/h7-8,11-16,20,22-23,26,29H,4-6,9-10,17-19H2,1-3H3/b8-7+/t23-,26-,29?/m1/s1. The van der Waals surface area contributed by atoms with Gasteiger partial charge >= 0.3 is 0 Å². The molecule has 3 heterocycles. The van der Waals surface area contributed by atoms with Crippen molar-refractivity contribution in [3.05, 3.63) is 53.6 Å². The van der Waals surface area contributed by atoms with E-state index in [4.69, 9.17) is 9.72 Å². The summed E-state index contributed by atoms with van der Waals surface area (Å²) in [6.07, 6.45) is 12.2. The number of rotatable bonds is 8. The van der Waals surface area contributed by atoms with E-state index < -0.39 is 0 Å². The Bertz CT molecular complexity index is 1690. The highest BCUT2D eigenvalue weighted by molar-refractivity contribution is 6.00. The molecule has 3 atom stereocenters. The van der Waals surface area contributed by atoms with Crippen LogP contribution in [0.4, 0.5) is 0 Å². The molecule has 0 spiro atoms. The van der Waals surface area contributed by atoms with Crippen LogP contribution in [0, 0.1) is 23.7 Å². The molecule has 4 aromatic rings. The van der Waals surface area contributed by atoms with Gasteiger partial charge in [0.1, 0.15) is 11.3 Å². The zero-order chi connectivity index (χ0) is 27.1. The zero-order valence-electron chi connectivity index (χ0n) is 23.8. The number of likely N-dealkylation sites (tertiary alicyclic amines) is 1. The van der Waals surface area contributed by atoms with Crippen LogP contribution in [0.25, 0.3) is 39.5 Å². The molecular weight excluding hydrogens is 496 g/mol. The highest BCUT2D eigenvalue weighted by Gasteiger charge is 2.54. The molecule has 6 nitrogen and oxygen atoms in total. The van der Waals surface area contributed by atoms with Crippen molar-refractivity contribution < 1.29 is 9.53 Å². The summed E-state index contributed by atoms with van der Waals surface area (Å²) in [4.78, 5) is 21.0. The van der Waals surface area contributed by atoms with Crippen molar-refractivity contribution in [2.45, 2.75) is 58.0 Å². The van der Waals surface area contributed by atoms with Crippen molar-refractivity contribution in [2.24, 2.45) is 30.7 Å². The van der Waals surface area contributed by atoms with Gasteiger partial charge in [0.2, 0.25) is 0 Å². The molecule has 3 aliphatic carbocycles. The fraction of sp³-hybridized carbons (Fsp3) is 0.471. The summed E-state index contributed by atoms with van der Waals surface area (Å²) in [6, 6.07) is 13.4. The highest BCUT2D eigenvalue weighted by atomic mass is 16.5. The molecule has 1 amide bonds. The van der Waals surface area contributed by atoms with E-state index in [0.29, 0.717) is 29.2 Å². The minimum absolute atomic E-state index is 0.116. The summed E-state index contributed by atoms with van der Waals surface area (Å²) in [5, 5.41) is 1.24. The number of amides is 1. The number of imidazole rings is 1. The molecule has 0 N–H and O–H groups in total. The second-order valence-electron chi connectivity index (χ2n) is 12.7. The largest absolute Gasteiger partial charge is 0.494 e. The molecule has 1 unspecified atom stereocenters. The van der Waals surface area contributed by atoms with Crippen LogP contribution in [0.15, 0.2) is 42.5 Å². The Kier molecular flexibility index (Phi) is 5.45. The smallest absolute Gasteiger partial charge is 0.254 e. The van der Waals surface area contributed by atoms with Gasteiger partial charge in [0.15, 0.2) is 5.82 Å². The van der Waals surface area contributed by atoms with Crippen LogP contribution >= 0.6 is 0 Å². The van der Waals surface area contributed by atoms with Gasteiger partial charge in [-0.25, -0.2) is 4.98 Å². The second kappa shape index (κ2) is 8.98. The number of piperidine rings is 1. The van der Waals surface area contributed by atoms with Gasteiger partial charge in [0, 0.05) is 42.6 Å². The van der Waals surface area contributed by atoms with Crippen LogP contribution in [-0.4, -0.2) is 44.6 Å². The fourth-order valence-corrected chi connectivity index (χ4v) is 7.09. The minimum atomic E-state index is 0.116. The summed E-state index contributed by atoms with van der Waals surface area (Å²) in [5.41, 5.74) is 6.10. The Morgan fingerprint density at radius 1 is 1.12 bits per heavy atom. The van der Waals surface area contributed by atoms with Gasteiger partial charge in [0.05, 0.1) is 18.3 Å². The molecule has 1 aliphatic heterocycles. The molecule has 4 fully saturated rings. The maximum Gasteiger partial charge on any atom is 0.254 e. The Morgan fingerprint density at radius 2 is 1.98 bits per heavy atom. The normalized spacial score (nSPS) is 24.0. The molecular formula is C34H38N4O2. The fourth-order valence-electron chi connectivity index (χ4n) is 7.09. The lowest BCUT2D eigenvalue weighted by Gasteiger charge is -2.21. The van der Waals surface area contributed by atoms with Crippen LogP contribution in [0.5, 0.6) is 5.75 Å². The number of hydrogen-bond donors (Lipinski definition) is 0. The zero-order valence-corrected chi connectivity index (χ0v) is 23.8.